The van der Waals surface area contributed by atoms with E-state index in [1.807, 2.05) is 18.2 Å². The van der Waals surface area contributed by atoms with Crippen LogP contribution < -0.4 is 4.74 Å². The highest BCUT2D eigenvalue weighted by molar-refractivity contribution is 9.10. The van der Waals surface area contributed by atoms with Crippen LogP contribution >= 0.6 is 27.5 Å². The van der Waals surface area contributed by atoms with Crippen LogP contribution in [0.2, 0.25) is 0 Å². The van der Waals surface area contributed by atoms with Gasteiger partial charge in [-0.3, -0.25) is 0 Å². The Hall–Kier alpha value is -0.210. The molecule has 3 unspecified atom stereocenters. The first kappa shape index (κ1) is 12.8. The minimum absolute atomic E-state index is 0.520. The molecule has 0 radical (unpaired) electrons. The second-order valence-electron chi connectivity index (χ2n) is 5.63. The van der Waals surface area contributed by atoms with Crippen LogP contribution in [0.3, 0.4) is 0 Å². The molecule has 0 aliphatic heterocycles. The van der Waals surface area contributed by atoms with Crippen molar-refractivity contribution < 1.29 is 4.74 Å². The largest absolute Gasteiger partial charge is 0.493 e. The van der Waals surface area contributed by atoms with Gasteiger partial charge in [-0.05, 0) is 60.8 Å². The van der Waals surface area contributed by atoms with Crippen molar-refractivity contribution in [3.05, 3.63) is 28.2 Å². The van der Waals surface area contributed by atoms with E-state index < -0.39 is 0 Å². The Bertz CT molecular complexity index is 435. The zero-order chi connectivity index (χ0) is 12.5. The van der Waals surface area contributed by atoms with Crippen LogP contribution in [0.5, 0.6) is 5.75 Å². The fourth-order valence-electron chi connectivity index (χ4n) is 3.53. The maximum absolute atomic E-state index is 5.96. The van der Waals surface area contributed by atoms with Gasteiger partial charge in [0.1, 0.15) is 5.75 Å². The van der Waals surface area contributed by atoms with Gasteiger partial charge in [-0.1, -0.05) is 22.4 Å². The average molecular weight is 330 g/mol. The molecule has 3 atom stereocenters. The third-order valence-corrected chi connectivity index (χ3v) is 5.57. The normalized spacial score (nSPS) is 29.8. The molecule has 18 heavy (non-hydrogen) atoms. The minimum Gasteiger partial charge on any atom is -0.493 e. The van der Waals surface area contributed by atoms with Crippen molar-refractivity contribution in [1.29, 1.82) is 0 Å². The molecule has 1 aromatic rings. The summed E-state index contributed by atoms with van der Waals surface area (Å²) >= 11 is 9.39. The molecule has 1 aromatic carbocycles. The summed E-state index contributed by atoms with van der Waals surface area (Å²) in [6, 6.07) is 6.09. The summed E-state index contributed by atoms with van der Waals surface area (Å²) in [4.78, 5) is 0. The van der Waals surface area contributed by atoms with Crippen molar-refractivity contribution in [2.24, 2.45) is 17.8 Å². The zero-order valence-electron chi connectivity index (χ0n) is 10.4. The Morgan fingerprint density at radius 2 is 2.17 bits per heavy atom. The van der Waals surface area contributed by atoms with Gasteiger partial charge in [-0.2, -0.15) is 0 Å². The van der Waals surface area contributed by atoms with E-state index in [9.17, 15) is 0 Å². The molecular formula is C15H18BrClO. The summed E-state index contributed by atoms with van der Waals surface area (Å²) in [5.41, 5.74) is 1.10. The van der Waals surface area contributed by atoms with Crippen LogP contribution in [0.15, 0.2) is 22.7 Å². The summed E-state index contributed by atoms with van der Waals surface area (Å²) in [7, 11) is 0. The summed E-state index contributed by atoms with van der Waals surface area (Å²) in [5, 5.41) is 0. The highest BCUT2D eigenvalue weighted by Crippen LogP contribution is 2.48. The molecule has 3 rings (SSSR count). The molecule has 0 amide bonds. The molecule has 98 valence electrons. The van der Waals surface area contributed by atoms with Crippen LogP contribution in [0.4, 0.5) is 0 Å². The van der Waals surface area contributed by atoms with E-state index in [0.29, 0.717) is 5.88 Å². The smallest absolute Gasteiger partial charge is 0.119 e. The molecule has 0 spiro atoms. The number of ether oxygens (including phenoxy) is 1. The predicted molar refractivity (Wildman–Crippen MR) is 78.1 cm³/mol. The third-order valence-electron chi connectivity index (χ3n) is 4.51. The standard InChI is InChI=1S/C15H18BrClO/c16-15-4-3-14(7-12(15)8-17)18-9-13-6-10-1-2-11(13)5-10/h3-4,7,10-11,13H,1-2,5-6,8-9H2. The van der Waals surface area contributed by atoms with E-state index in [4.69, 9.17) is 16.3 Å². The van der Waals surface area contributed by atoms with Gasteiger partial charge in [-0.25, -0.2) is 0 Å². The lowest BCUT2D eigenvalue weighted by Gasteiger charge is -2.21. The van der Waals surface area contributed by atoms with E-state index >= 15 is 0 Å². The molecular weight excluding hydrogens is 312 g/mol. The first-order valence-electron chi connectivity index (χ1n) is 6.73. The van der Waals surface area contributed by atoms with Crippen LogP contribution in [-0.4, -0.2) is 6.61 Å². The fourth-order valence-corrected chi connectivity index (χ4v) is 4.30. The molecule has 1 nitrogen and oxygen atoms in total. The number of rotatable bonds is 4. The van der Waals surface area contributed by atoms with Crippen molar-refractivity contribution in [2.75, 3.05) is 6.61 Å². The summed E-state index contributed by atoms with van der Waals surface area (Å²) in [6.45, 7) is 0.879. The van der Waals surface area contributed by atoms with Gasteiger partial charge >= 0.3 is 0 Å². The van der Waals surface area contributed by atoms with Gasteiger partial charge in [0.15, 0.2) is 0 Å². The maximum Gasteiger partial charge on any atom is 0.119 e. The van der Waals surface area contributed by atoms with Crippen molar-refractivity contribution >= 4 is 27.5 Å². The van der Waals surface area contributed by atoms with E-state index in [1.165, 1.54) is 25.7 Å². The monoisotopic (exact) mass is 328 g/mol. The number of halogens is 2. The summed E-state index contributed by atoms with van der Waals surface area (Å²) in [6.07, 6.45) is 5.70. The lowest BCUT2D eigenvalue weighted by Crippen LogP contribution is -2.18. The quantitative estimate of drug-likeness (QED) is 0.706. The maximum atomic E-state index is 5.96. The number of fused-ring (bicyclic) bond motifs is 2. The van der Waals surface area contributed by atoms with Gasteiger partial charge in [0, 0.05) is 10.4 Å². The minimum atomic E-state index is 0.520. The molecule has 2 fully saturated rings. The van der Waals surface area contributed by atoms with Crippen molar-refractivity contribution in [2.45, 2.75) is 31.6 Å². The van der Waals surface area contributed by atoms with E-state index in [1.54, 1.807) is 0 Å². The summed E-state index contributed by atoms with van der Waals surface area (Å²) < 4.78 is 7.02. The zero-order valence-corrected chi connectivity index (χ0v) is 12.7. The predicted octanol–water partition coefficient (Wildman–Crippen LogP) is 5.00. The fraction of sp³-hybridized carbons (Fsp3) is 0.600. The second-order valence-corrected chi connectivity index (χ2v) is 6.75. The van der Waals surface area contributed by atoms with Gasteiger partial charge in [0.25, 0.3) is 0 Å². The molecule has 0 saturated heterocycles. The molecule has 0 aromatic heterocycles. The lowest BCUT2D eigenvalue weighted by atomic mass is 9.89. The van der Waals surface area contributed by atoms with Gasteiger partial charge in [-0.15, -0.1) is 11.6 Å². The molecule has 3 heteroatoms. The highest BCUT2D eigenvalue weighted by atomic mass is 79.9. The Labute approximate surface area is 122 Å². The molecule has 0 heterocycles. The molecule has 2 saturated carbocycles. The van der Waals surface area contributed by atoms with Gasteiger partial charge in [0.2, 0.25) is 0 Å². The van der Waals surface area contributed by atoms with Crippen molar-refractivity contribution in [3.8, 4) is 5.75 Å². The molecule has 0 N–H and O–H groups in total. The Balaban J connectivity index is 1.60. The first-order valence-corrected chi connectivity index (χ1v) is 8.06. The number of benzene rings is 1. The second kappa shape index (κ2) is 5.42. The van der Waals surface area contributed by atoms with Crippen LogP contribution in [0, 0.1) is 17.8 Å². The lowest BCUT2D eigenvalue weighted by molar-refractivity contribution is 0.195. The van der Waals surface area contributed by atoms with Gasteiger partial charge < -0.3 is 4.74 Å². The van der Waals surface area contributed by atoms with Crippen molar-refractivity contribution in [1.82, 2.24) is 0 Å². The topological polar surface area (TPSA) is 9.23 Å². The Kier molecular flexibility index (Phi) is 3.86. The number of hydrogen-bond donors (Lipinski definition) is 0. The molecule has 2 aliphatic carbocycles. The van der Waals surface area contributed by atoms with E-state index in [2.05, 4.69) is 15.9 Å². The average Bonchev–Trinajstić information content (AvgIpc) is 3.00. The molecule has 2 aliphatic rings. The van der Waals surface area contributed by atoms with Gasteiger partial charge in [0.05, 0.1) is 6.61 Å². The number of hydrogen-bond acceptors (Lipinski definition) is 1. The Morgan fingerprint density at radius 3 is 2.83 bits per heavy atom. The number of alkyl halides is 1. The Morgan fingerprint density at radius 1 is 1.28 bits per heavy atom. The van der Waals surface area contributed by atoms with Crippen molar-refractivity contribution in [3.63, 3.8) is 0 Å². The molecule has 2 bridgehead atoms. The van der Waals surface area contributed by atoms with E-state index in [0.717, 1.165) is 40.1 Å². The summed E-state index contributed by atoms with van der Waals surface area (Å²) in [5.74, 6) is 4.18. The van der Waals surface area contributed by atoms with E-state index in [-0.39, 0.29) is 0 Å². The third kappa shape index (κ3) is 2.55. The van der Waals surface area contributed by atoms with Crippen LogP contribution in [0.1, 0.15) is 31.2 Å². The van der Waals surface area contributed by atoms with Crippen LogP contribution in [-0.2, 0) is 5.88 Å². The SMILES string of the molecule is ClCc1cc(OCC2CC3CCC2C3)ccc1Br. The first-order chi connectivity index (χ1) is 8.76. The van der Waals surface area contributed by atoms with Crippen LogP contribution in [0.25, 0.3) is 0 Å². The highest BCUT2D eigenvalue weighted by Gasteiger charge is 2.39.